The van der Waals surface area contributed by atoms with E-state index in [0.29, 0.717) is 18.4 Å². The van der Waals surface area contributed by atoms with Crippen molar-refractivity contribution in [1.82, 2.24) is 0 Å². The Hall–Kier alpha value is -1.63. The molecule has 1 aromatic rings. The van der Waals surface area contributed by atoms with Gasteiger partial charge < -0.3 is 4.74 Å². The highest BCUT2D eigenvalue weighted by molar-refractivity contribution is 7.92. The van der Waals surface area contributed by atoms with E-state index >= 15 is 0 Å². The molecule has 0 aromatic heterocycles. The molecule has 6 nitrogen and oxygen atoms in total. The summed E-state index contributed by atoms with van der Waals surface area (Å²) in [5, 5.41) is 3.09. The van der Waals surface area contributed by atoms with E-state index in [1.54, 1.807) is 12.1 Å². The normalized spacial score (nSPS) is 17.8. The van der Waals surface area contributed by atoms with Gasteiger partial charge in [0.05, 0.1) is 22.3 Å². The van der Waals surface area contributed by atoms with Crippen molar-refractivity contribution in [3.8, 4) is 0 Å². The van der Waals surface area contributed by atoms with Gasteiger partial charge in [-0.05, 0) is 36.1 Å². The predicted octanol–water partition coefficient (Wildman–Crippen LogP) is 2.96. The second-order valence-electron chi connectivity index (χ2n) is 4.90. The van der Waals surface area contributed by atoms with Crippen LogP contribution in [0.4, 0.5) is 4.39 Å². The highest BCUT2D eigenvalue weighted by atomic mass is 32.2. The highest BCUT2D eigenvalue weighted by Crippen LogP contribution is 2.34. The lowest BCUT2D eigenvalue weighted by Crippen LogP contribution is -2.20. The van der Waals surface area contributed by atoms with Crippen molar-refractivity contribution in [1.29, 1.82) is 0 Å². The number of sulfone groups is 1. The topological polar surface area (TPSA) is 92.1 Å². The van der Waals surface area contributed by atoms with Gasteiger partial charge in [-0.15, -0.1) is 0 Å². The molecule has 0 saturated heterocycles. The Kier molecular flexibility index (Phi) is 4.82. The van der Waals surface area contributed by atoms with Gasteiger partial charge in [-0.2, -0.15) is 0 Å². The number of halogens is 1. The molecule has 0 spiro atoms. The minimum absolute atomic E-state index is 0.254. The number of hydrogen-bond acceptors (Lipinski definition) is 4. The molecular formula is C13H16FN3O3S. The number of hydrogen-bond donors (Lipinski definition) is 0. The molecule has 2 rings (SSSR count). The van der Waals surface area contributed by atoms with Crippen molar-refractivity contribution >= 4 is 9.84 Å². The van der Waals surface area contributed by atoms with E-state index in [4.69, 9.17) is 10.3 Å². The molecule has 2 atom stereocenters. The third kappa shape index (κ3) is 3.34. The lowest BCUT2D eigenvalue weighted by molar-refractivity contribution is 0.0721. The van der Waals surface area contributed by atoms with Gasteiger partial charge in [0, 0.05) is 12.0 Å². The lowest BCUT2D eigenvalue weighted by atomic mass is 10.0. The molecule has 1 fully saturated rings. The van der Waals surface area contributed by atoms with Gasteiger partial charge in [0.15, 0.2) is 9.84 Å². The van der Waals surface area contributed by atoms with Gasteiger partial charge >= 0.3 is 0 Å². The lowest BCUT2D eigenvalue weighted by Gasteiger charge is -2.20. The zero-order valence-corrected chi connectivity index (χ0v) is 12.3. The molecule has 1 saturated carbocycles. The van der Waals surface area contributed by atoms with E-state index in [1.807, 2.05) is 0 Å². The number of rotatable bonds is 7. The van der Waals surface area contributed by atoms with Crippen molar-refractivity contribution in [3.05, 3.63) is 40.3 Å². The predicted molar refractivity (Wildman–Crippen MR) is 75.3 cm³/mol. The van der Waals surface area contributed by atoms with Crippen LogP contribution in [-0.4, -0.2) is 33.5 Å². The molecule has 1 aromatic carbocycles. The molecule has 1 aliphatic rings. The number of ether oxygens (including phenoxy) is 1. The van der Waals surface area contributed by atoms with Crippen LogP contribution in [0, 0.1) is 0 Å². The molecule has 8 heteroatoms. The Labute approximate surface area is 122 Å². The van der Waals surface area contributed by atoms with Crippen LogP contribution in [0.2, 0.25) is 0 Å². The number of nitrogens with zero attached hydrogens (tertiary/aromatic N) is 3. The molecule has 1 unspecified atom stereocenters. The maximum absolute atomic E-state index is 12.9. The Morgan fingerprint density at radius 1 is 1.43 bits per heavy atom. The van der Waals surface area contributed by atoms with Crippen molar-refractivity contribution < 1.29 is 17.5 Å². The van der Waals surface area contributed by atoms with Crippen molar-refractivity contribution in [2.75, 3.05) is 13.8 Å². The minimum Gasteiger partial charge on any atom is -0.376 e. The van der Waals surface area contributed by atoms with Crippen LogP contribution in [-0.2, 0) is 14.6 Å². The Morgan fingerprint density at radius 3 is 2.48 bits per heavy atom. The quantitative estimate of drug-likeness (QED) is 0.440. The van der Waals surface area contributed by atoms with E-state index in [1.165, 1.54) is 19.2 Å². The van der Waals surface area contributed by atoms with E-state index in [-0.39, 0.29) is 10.1 Å². The molecule has 0 N–H and O–H groups in total. The van der Waals surface area contributed by atoms with Gasteiger partial charge in [-0.25, -0.2) is 8.42 Å². The molecule has 0 radical (unpaired) electrons. The van der Waals surface area contributed by atoms with Gasteiger partial charge in [-0.3, -0.25) is 4.39 Å². The highest BCUT2D eigenvalue weighted by Gasteiger charge is 2.36. The molecule has 1 aliphatic carbocycles. The first-order valence-corrected chi connectivity index (χ1v) is 8.06. The first-order valence-electron chi connectivity index (χ1n) is 6.51. The molecule has 114 valence electrons. The Morgan fingerprint density at radius 2 is 2.05 bits per heavy atom. The molecular weight excluding hydrogens is 297 g/mol. The summed E-state index contributed by atoms with van der Waals surface area (Å²) in [6.07, 6.45) is 0.653. The second kappa shape index (κ2) is 6.43. The average Bonchev–Trinajstić information content (AvgIpc) is 3.32. The smallest absolute Gasteiger partial charge is 0.181 e. The van der Waals surface area contributed by atoms with E-state index < -0.39 is 28.7 Å². The van der Waals surface area contributed by atoms with Crippen LogP contribution in [0.3, 0.4) is 0 Å². The number of methoxy groups -OCH3 is 1. The summed E-state index contributed by atoms with van der Waals surface area (Å²) < 4.78 is 42.2. The van der Waals surface area contributed by atoms with E-state index in [0.717, 1.165) is 0 Å². The maximum atomic E-state index is 12.9. The Bertz CT molecular complexity index is 637. The summed E-state index contributed by atoms with van der Waals surface area (Å²) >= 11 is 0. The second-order valence-corrected chi connectivity index (χ2v) is 7.12. The van der Waals surface area contributed by atoms with Crippen LogP contribution in [0.5, 0.6) is 0 Å². The van der Waals surface area contributed by atoms with Gasteiger partial charge in [0.25, 0.3) is 0 Å². The SMILES string of the molecule is CO[C@H](c1ccc(S(=O)(=O)C2CC2)cc1)C(CF)N=[N+]=[N-]. The number of benzene rings is 1. The third-order valence-electron chi connectivity index (χ3n) is 3.46. The van der Waals surface area contributed by atoms with Crippen LogP contribution >= 0.6 is 0 Å². The summed E-state index contributed by atoms with van der Waals surface area (Å²) in [5.41, 5.74) is 9.01. The summed E-state index contributed by atoms with van der Waals surface area (Å²) in [4.78, 5) is 2.85. The maximum Gasteiger partial charge on any atom is 0.181 e. The summed E-state index contributed by atoms with van der Waals surface area (Å²) in [5.74, 6) is 0. The van der Waals surface area contributed by atoms with Crippen molar-refractivity contribution in [3.63, 3.8) is 0 Å². The van der Waals surface area contributed by atoms with Gasteiger partial charge in [0.1, 0.15) is 6.67 Å². The summed E-state index contributed by atoms with van der Waals surface area (Å²) in [6.45, 7) is -0.856. The molecule has 21 heavy (non-hydrogen) atoms. The van der Waals surface area contributed by atoms with Crippen LogP contribution in [0.25, 0.3) is 10.4 Å². The summed E-state index contributed by atoms with van der Waals surface area (Å²) in [6, 6.07) is 5.13. The number of alkyl halides is 1. The fraction of sp³-hybridized carbons (Fsp3) is 0.538. The van der Waals surface area contributed by atoms with Crippen molar-refractivity contribution in [2.45, 2.75) is 35.1 Å². The van der Waals surface area contributed by atoms with Gasteiger partial charge in [-0.1, -0.05) is 17.2 Å². The monoisotopic (exact) mass is 313 g/mol. The summed E-state index contributed by atoms with van der Waals surface area (Å²) in [7, 11) is -1.86. The minimum atomic E-state index is -3.25. The van der Waals surface area contributed by atoms with Gasteiger partial charge in [0.2, 0.25) is 0 Å². The first-order chi connectivity index (χ1) is 10.0. The molecule has 0 bridgehead atoms. The average molecular weight is 313 g/mol. The van der Waals surface area contributed by atoms with Crippen LogP contribution in [0.1, 0.15) is 24.5 Å². The molecule has 0 amide bonds. The van der Waals surface area contributed by atoms with E-state index in [9.17, 15) is 12.8 Å². The zero-order chi connectivity index (χ0) is 15.5. The Balaban J connectivity index is 2.26. The zero-order valence-electron chi connectivity index (χ0n) is 11.5. The fourth-order valence-electron chi connectivity index (χ4n) is 2.17. The van der Waals surface area contributed by atoms with Crippen LogP contribution in [0.15, 0.2) is 34.3 Å². The fourth-order valence-corrected chi connectivity index (χ4v) is 3.83. The molecule has 0 heterocycles. The third-order valence-corrected chi connectivity index (χ3v) is 5.74. The number of azide groups is 1. The van der Waals surface area contributed by atoms with Crippen molar-refractivity contribution in [2.24, 2.45) is 5.11 Å². The molecule has 0 aliphatic heterocycles. The van der Waals surface area contributed by atoms with Crippen LogP contribution < -0.4 is 0 Å². The first kappa shape index (κ1) is 15.8. The largest absolute Gasteiger partial charge is 0.376 e. The van der Waals surface area contributed by atoms with E-state index in [2.05, 4.69) is 10.0 Å². The standard InChI is InChI=1S/C13H16FN3O3S/c1-20-13(12(8-14)16-17-15)9-2-4-10(5-3-9)21(18,19)11-6-7-11/h2-5,11-13H,6-8H2,1H3/t12?,13-/m1/s1.